The van der Waals surface area contributed by atoms with Gasteiger partial charge in [-0.25, -0.2) is 0 Å². The van der Waals surface area contributed by atoms with E-state index in [1.165, 1.54) is 21.7 Å². The van der Waals surface area contributed by atoms with Crippen LogP contribution < -0.4 is 0 Å². The minimum absolute atomic E-state index is 0.888. The molecule has 2 nitrogen and oxygen atoms in total. The van der Waals surface area contributed by atoms with E-state index in [1.54, 1.807) is 0 Å². The first kappa shape index (κ1) is 21.5. The van der Waals surface area contributed by atoms with Crippen LogP contribution in [0.4, 0.5) is 0 Å². The van der Waals surface area contributed by atoms with E-state index in [9.17, 15) is 0 Å². The highest BCUT2D eigenvalue weighted by atomic mass is 16.3. The van der Waals surface area contributed by atoms with E-state index in [0.29, 0.717) is 0 Å². The van der Waals surface area contributed by atoms with Crippen molar-refractivity contribution in [1.82, 2.24) is 4.57 Å². The van der Waals surface area contributed by atoms with Gasteiger partial charge in [0.1, 0.15) is 5.58 Å². The molecule has 2 heterocycles. The van der Waals surface area contributed by atoms with Gasteiger partial charge >= 0.3 is 0 Å². The molecule has 0 radical (unpaired) electrons. The smallest absolute Gasteiger partial charge is 0.160 e. The quantitative estimate of drug-likeness (QED) is 0.232. The standard InChI is InChI=1S/C35H25NO/c1-3-24(26-16-10-12-25-11-4-5-13-27(25)26)20-19-23(2)36-32-17-8-6-14-28(32)30-21-22-31-29-15-7-9-18-33(29)37-35(31)34(30)36/h3-22H,2H2,1H3/b20-19-,24-3+. The topological polar surface area (TPSA) is 18.1 Å². The summed E-state index contributed by atoms with van der Waals surface area (Å²) in [6.07, 6.45) is 6.45. The molecule has 0 saturated carbocycles. The van der Waals surface area contributed by atoms with E-state index < -0.39 is 0 Å². The van der Waals surface area contributed by atoms with Crippen molar-refractivity contribution < 1.29 is 4.42 Å². The van der Waals surface area contributed by atoms with Gasteiger partial charge in [-0.1, -0.05) is 104 Å². The summed E-state index contributed by atoms with van der Waals surface area (Å²) < 4.78 is 8.69. The summed E-state index contributed by atoms with van der Waals surface area (Å²) in [5.41, 5.74) is 7.22. The SMILES string of the molecule is C=C(/C=C\C(=C/C)c1cccc2ccccc12)n1c2ccccc2c2ccc3c4ccccc4oc3c21. The fourth-order valence-corrected chi connectivity index (χ4v) is 5.61. The lowest BCUT2D eigenvalue weighted by Crippen LogP contribution is -1.93. The molecule has 2 aromatic heterocycles. The number of rotatable bonds is 4. The number of benzene rings is 5. The average Bonchev–Trinajstić information content (AvgIpc) is 3.49. The van der Waals surface area contributed by atoms with Crippen LogP contribution in [0.2, 0.25) is 0 Å². The Balaban J connectivity index is 1.43. The van der Waals surface area contributed by atoms with Gasteiger partial charge in [0.2, 0.25) is 0 Å². The Bertz CT molecular complexity index is 2060. The molecule has 0 fully saturated rings. The zero-order chi connectivity index (χ0) is 24.9. The molecule has 0 aliphatic carbocycles. The predicted molar refractivity (Wildman–Crippen MR) is 159 cm³/mol. The third-order valence-electron chi connectivity index (χ3n) is 7.33. The molecule has 2 heteroatoms. The first-order valence-corrected chi connectivity index (χ1v) is 12.6. The second kappa shape index (κ2) is 8.39. The van der Waals surface area contributed by atoms with Gasteiger partial charge in [0.15, 0.2) is 5.58 Å². The van der Waals surface area contributed by atoms with Crippen molar-refractivity contribution in [2.24, 2.45) is 0 Å². The van der Waals surface area contributed by atoms with Crippen LogP contribution in [-0.2, 0) is 0 Å². The average molecular weight is 476 g/mol. The lowest BCUT2D eigenvalue weighted by Gasteiger charge is -2.10. The summed E-state index contributed by atoms with van der Waals surface area (Å²) in [4.78, 5) is 0. The summed E-state index contributed by atoms with van der Waals surface area (Å²) in [6.45, 7) is 6.61. The van der Waals surface area contributed by atoms with Gasteiger partial charge in [-0.2, -0.15) is 0 Å². The van der Waals surface area contributed by atoms with Crippen LogP contribution in [0.1, 0.15) is 12.5 Å². The summed E-state index contributed by atoms with van der Waals surface area (Å²) in [5.74, 6) is 0. The van der Waals surface area contributed by atoms with Gasteiger partial charge < -0.3 is 8.98 Å². The number of aromatic nitrogens is 1. The van der Waals surface area contributed by atoms with E-state index in [4.69, 9.17) is 4.42 Å². The van der Waals surface area contributed by atoms with Crippen molar-refractivity contribution >= 4 is 65.8 Å². The Kier molecular flexibility index (Phi) is 4.87. The number of hydrogen-bond donors (Lipinski definition) is 0. The second-order valence-corrected chi connectivity index (χ2v) is 9.38. The normalized spacial score (nSPS) is 12.6. The van der Waals surface area contributed by atoms with E-state index in [-0.39, 0.29) is 0 Å². The predicted octanol–water partition coefficient (Wildman–Crippen LogP) is 9.98. The largest absolute Gasteiger partial charge is 0.454 e. The number of furan rings is 1. The van der Waals surface area contributed by atoms with Gasteiger partial charge in [0.05, 0.1) is 11.0 Å². The molecule has 0 unspecified atom stereocenters. The third kappa shape index (κ3) is 3.26. The van der Waals surface area contributed by atoms with E-state index in [1.807, 2.05) is 12.1 Å². The Morgan fingerprint density at radius 1 is 0.676 bits per heavy atom. The minimum Gasteiger partial charge on any atom is -0.454 e. The summed E-state index contributed by atoms with van der Waals surface area (Å²) in [6, 6.07) is 36.1. The molecular weight excluding hydrogens is 450 g/mol. The number of fused-ring (bicyclic) bond motifs is 8. The molecule has 0 atom stereocenters. The molecule has 7 aromatic rings. The maximum Gasteiger partial charge on any atom is 0.160 e. The van der Waals surface area contributed by atoms with Crippen LogP contribution in [0.15, 0.2) is 132 Å². The Morgan fingerprint density at radius 3 is 2.24 bits per heavy atom. The summed E-state index contributed by atoms with van der Waals surface area (Å²) in [5, 5.41) is 7.08. The van der Waals surface area contributed by atoms with Crippen LogP contribution in [0.3, 0.4) is 0 Å². The monoisotopic (exact) mass is 475 g/mol. The minimum atomic E-state index is 0.888. The number of allylic oxidation sites excluding steroid dienone is 5. The van der Waals surface area contributed by atoms with Crippen molar-refractivity contribution in [2.75, 3.05) is 0 Å². The van der Waals surface area contributed by atoms with Crippen molar-refractivity contribution in [1.29, 1.82) is 0 Å². The van der Waals surface area contributed by atoms with E-state index >= 15 is 0 Å². The van der Waals surface area contributed by atoms with Crippen molar-refractivity contribution in [3.8, 4) is 0 Å². The first-order valence-electron chi connectivity index (χ1n) is 12.6. The molecule has 5 aromatic carbocycles. The zero-order valence-corrected chi connectivity index (χ0v) is 20.6. The van der Waals surface area contributed by atoms with Crippen molar-refractivity contribution in [2.45, 2.75) is 6.92 Å². The van der Waals surface area contributed by atoms with Gasteiger partial charge in [0, 0.05) is 27.2 Å². The highest BCUT2D eigenvalue weighted by molar-refractivity contribution is 6.22. The molecule has 0 aliphatic heterocycles. The lowest BCUT2D eigenvalue weighted by atomic mass is 9.97. The van der Waals surface area contributed by atoms with Crippen LogP contribution in [0.5, 0.6) is 0 Å². The maximum absolute atomic E-state index is 6.45. The highest BCUT2D eigenvalue weighted by Crippen LogP contribution is 2.40. The maximum atomic E-state index is 6.45. The lowest BCUT2D eigenvalue weighted by molar-refractivity contribution is 0.671. The van der Waals surface area contributed by atoms with E-state index in [0.717, 1.165) is 49.6 Å². The van der Waals surface area contributed by atoms with Crippen LogP contribution in [0.25, 0.3) is 65.8 Å². The summed E-state index contributed by atoms with van der Waals surface area (Å²) in [7, 11) is 0. The molecule has 0 amide bonds. The van der Waals surface area contributed by atoms with Crippen LogP contribution >= 0.6 is 0 Å². The fraction of sp³-hybridized carbons (Fsp3) is 0.0286. The van der Waals surface area contributed by atoms with Crippen molar-refractivity contribution in [3.63, 3.8) is 0 Å². The molecular formula is C35H25NO. The molecule has 0 N–H and O–H groups in total. The Labute approximate surface area is 215 Å². The molecule has 37 heavy (non-hydrogen) atoms. The molecule has 0 spiro atoms. The second-order valence-electron chi connectivity index (χ2n) is 9.38. The number of para-hydroxylation sites is 2. The fourth-order valence-electron chi connectivity index (χ4n) is 5.61. The number of nitrogens with zero attached hydrogens (tertiary/aromatic N) is 1. The van der Waals surface area contributed by atoms with Gasteiger partial charge in [0.25, 0.3) is 0 Å². The summed E-state index contributed by atoms with van der Waals surface area (Å²) >= 11 is 0. The molecule has 176 valence electrons. The molecule has 0 bridgehead atoms. The van der Waals surface area contributed by atoms with Gasteiger partial charge in [-0.15, -0.1) is 0 Å². The first-order chi connectivity index (χ1) is 18.2. The van der Waals surface area contributed by atoms with Gasteiger partial charge in [-0.05, 0) is 53.1 Å². The van der Waals surface area contributed by atoms with E-state index in [2.05, 4.69) is 127 Å². The van der Waals surface area contributed by atoms with Crippen molar-refractivity contribution in [3.05, 3.63) is 133 Å². The number of hydrogen-bond acceptors (Lipinski definition) is 1. The molecule has 0 aliphatic rings. The Morgan fingerprint density at radius 2 is 1.38 bits per heavy atom. The van der Waals surface area contributed by atoms with Crippen LogP contribution in [0, 0.1) is 0 Å². The van der Waals surface area contributed by atoms with Crippen LogP contribution in [-0.4, -0.2) is 4.57 Å². The molecule has 0 saturated heterocycles. The molecule has 7 rings (SSSR count). The zero-order valence-electron chi connectivity index (χ0n) is 20.6. The van der Waals surface area contributed by atoms with Gasteiger partial charge in [-0.3, -0.25) is 0 Å². The third-order valence-corrected chi connectivity index (χ3v) is 7.33. The highest BCUT2D eigenvalue weighted by Gasteiger charge is 2.18. The Hall–Kier alpha value is -4.82.